The van der Waals surface area contributed by atoms with Gasteiger partial charge < -0.3 is 0 Å². The van der Waals surface area contributed by atoms with Crippen molar-refractivity contribution >= 4 is 0 Å². The van der Waals surface area contributed by atoms with E-state index >= 15 is 0 Å². The second-order valence-electron chi connectivity index (χ2n) is 3.75. The molecule has 13 heavy (non-hydrogen) atoms. The molecule has 0 saturated heterocycles. The largest absolute Gasteiger partial charge is 0.102 e. The van der Waals surface area contributed by atoms with E-state index in [1.54, 1.807) is 0 Å². The van der Waals surface area contributed by atoms with Gasteiger partial charge in [0.05, 0.1) is 0 Å². The van der Waals surface area contributed by atoms with E-state index in [4.69, 9.17) is 0 Å². The molecule has 1 aliphatic rings. The summed E-state index contributed by atoms with van der Waals surface area (Å²) in [7, 11) is 0. The van der Waals surface area contributed by atoms with E-state index in [2.05, 4.69) is 46.1 Å². The van der Waals surface area contributed by atoms with E-state index in [1.807, 2.05) is 6.08 Å². The highest BCUT2D eigenvalue weighted by Gasteiger charge is 2.31. The summed E-state index contributed by atoms with van der Waals surface area (Å²) >= 11 is 0. The molecule has 1 unspecified atom stereocenters. The van der Waals surface area contributed by atoms with E-state index in [-0.39, 0.29) is 5.41 Å². The van der Waals surface area contributed by atoms with Gasteiger partial charge in [-0.25, -0.2) is 0 Å². The van der Waals surface area contributed by atoms with Crippen molar-refractivity contribution in [1.29, 1.82) is 0 Å². The highest BCUT2D eigenvalue weighted by atomic mass is 14.3. The molecule has 0 aromatic rings. The van der Waals surface area contributed by atoms with Gasteiger partial charge in [-0.1, -0.05) is 48.5 Å². The minimum Gasteiger partial charge on any atom is -0.102 e. The molecule has 0 saturated carbocycles. The van der Waals surface area contributed by atoms with Gasteiger partial charge in [-0.05, 0) is 20.3 Å². The Balaban J connectivity index is 3.17. The van der Waals surface area contributed by atoms with Crippen LogP contribution >= 0.6 is 0 Å². The van der Waals surface area contributed by atoms with Crippen LogP contribution in [0.3, 0.4) is 0 Å². The monoisotopic (exact) mass is 174 g/mol. The Bertz CT molecular complexity index is 302. The van der Waals surface area contributed by atoms with E-state index in [0.29, 0.717) is 0 Å². The lowest BCUT2D eigenvalue weighted by Crippen LogP contribution is -2.16. The molecule has 1 atom stereocenters. The number of hydrogen-bond donors (Lipinski definition) is 0. The zero-order chi connectivity index (χ0) is 10.1. The van der Waals surface area contributed by atoms with Gasteiger partial charge in [0.25, 0.3) is 0 Å². The third kappa shape index (κ3) is 1.41. The Morgan fingerprint density at radius 2 is 2.15 bits per heavy atom. The Kier molecular flexibility index (Phi) is 2.60. The smallest absolute Gasteiger partial charge is 0.0483 e. The predicted octanol–water partition coefficient (Wildman–Crippen LogP) is 4.03. The maximum Gasteiger partial charge on any atom is 0.0483 e. The first-order chi connectivity index (χ1) is 6.06. The van der Waals surface area contributed by atoms with Crippen LogP contribution in [0, 0.1) is 5.41 Å². The number of allylic oxidation sites excluding steroid dienone is 6. The van der Waals surface area contributed by atoms with Crippen molar-refractivity contribution in [2.75, 3.05) is 0 Å². The molecule has 1 rings (SSSR count). The molecule has 0 aliphatic heterocycles. The molecule has 0 spiro atoms. The third-order valence-electron chi connectivity index (χ3n) is 2.89. The lowest BCUT2D eigenvalue weighted by atomic mass is 9.76. The van der Waals surface area contributed by atoms with Gasteiger partial charge in [0.1, 0.15) is 0 Å². The Labute approximate surface area is 81.4 Å². The summed E-state index contributed by atoms with van der Waals surface area (Å²) in [6.07, 6.45) is 7.46. The van der Waals surface area contributed by atoms with Gasteiger partial charge in [-0.15, -0.1) is 6.58 Å². The highest BCUT2D eigenvalue weighted by molar-refractivity contribution is 5.49. The van der Waals surface area contributed by atoms with Crippen molar-refractivity contribution < 1.29 is 0 Å². The SMILES string of the molecule is C=CC1(C(=C)CC)C=C(C)C=C1C. The number of rotatable bonds is 3. The summed E-state index contributed by atoms with van der Waals surface area (Å²) in [5.74, 6) is 0. The first-order valence-electron chi connectivity index (χ1n) is 4.77. The van der Waals surface area contributed by atoms with Crippen molar-refractivity contribution in [3.8, 4) is 0 Å². The molecule has 1 aliphatic carbocycles. The Hall–Kier alpha value is -1.04. The zero-order valence-electron chi connectivity index (χ0n) is 8.85. The normalized spacial score (nSPS) is 26.7. The average molecular weight is 174 g/mol. The highest BCUT2D eigenvalue weighted by Crippen LogP contribution is 2.44. The van der Waals surface area contributed by atoms with E-state index in [1.165, 1.54) is 16.7 Å². The summed E-state index contributed by atoms with van der Waals surface area (Å²) < 4.78 is 0. The molecule has 0 heterocycles. The van der Waals surface area contributed by atoms with Crippen LogP contribution in [0.4, 0.5) is 0 Å². The summed E-state index contributed by atoms with van der Waals surface area (Å²) in [6.45, 7) is 14.5. The fraction of sp³-hybridized carbons (Fsp3) is 0.385. The lowest BCUT2D eigenvalue weighted by Gasteiger charge is -2.27. The van der Waals surface area contributed by atoms with Gasteiger partial charge in [0.15, 0.2) is 0 Å². The quantitative estimate of drug-likeness (QED) is 0.567. The van der Waals surface area contributed by atoms with Crippen LogP contribution in [0.2, 0.25) is 0 Å². The van der Waals surface area contributed by atoms with Crippen molar-refractivity contribution in [3.63, 3.8) is 0 Å². The molecule has 0 bridgehead atoms. The van der Waals surface area contributed by atoms with Gasteiger partial charge in [-0.3, -0.25) is 0 Å². The first-order valence-corrected chi connectivity index (χ1v) is 4.77. The van der Waals surface area contributed by atoms with Crippen molar-refractivity contribution in [2.45, 2.75) is 27.2 Å². The van der Waals surface area contributed by atoms with Crippen LogP contribution in [-0.4, -0.2) is 0 Å². The van der Waals surface area contributed by atoms with E-state index in [9.17, 15) is 0 Å². The molecule has 0 nitrogen and oxygen atoms in total. The van der Waals surface area contributed by atoms with Crippen molar-refractivity contribution in [2.24, 2.45) is 5.41 Å². The second kappa shape index (κ2) is 3.37. The minimum absolute atomic E-state index is 0.0567. The van der Waals surface area contributed by atoms with Crippen LogP contribution in [0.15, 0.2) is 48.1 Å². The summed E-state index contributed by atoms with van der Waals surface area (Å²) in [5, 5.41) is 0. The lowest BCUT2D eigenvalue weighted by molar-refractivity contribution is 0.684. The van der Waals surface area contributed by atoms with Crippen LogP contribution in [-0.2, 0) is 0 Å². The van der Waals surface area contributed by atoms with Gasteiger partial charge in [0.2, 0.25) is 0 Å². The van der Waals surface area contributed by atoms with Crippen LogP contribution in [0.1, 0.15) is 27.2 Å². The first kappa shape index (κ1) is 10.0. The van der Waals surface area contributed by atoms with Crippen molar-refractivity contribution in [3.05, 3.63) is 48.1 Å². The summed E-state index contributed by atoms with van der Waals surface area (Å²) in [6, 6.07) is 0. The third-order valence-corrected chi connectivity index (χ3v) is 2.89. The molecular formula is C13H18. The van der Waals surface area contributed by atoms with Crippen LogP contribution in [0.5, 0.6) is 0 Å². The number of hydrogen-bond acceptors (Lipinski definition) is 0. The maximum absolute atomic E-state index is 4.13. The second-order valence-corrected chi connectivity index (χ2v) is 3.75. The molecule has 0 amide bonds. The minimum atomic E-state index is -0.0567. The molecular weight excluding hydrogens is 156 g/mol. The molecule has 0 aromatic heterocycles. The Morgan fingerprint density at radius 1 is 1.54 bits per heavy atom. The molecule has 0 fully saturated rings. The standard InChI is InChI=1S/C13H18/c1-6-11(4)13(7-2)9-10(3)8-12(13)5/h7-9H,2,4,6H2,1,3,5H3. The topological polar surface area (TPSA) is 0 Å². The molecule has 0 radical (unpaired) electrons. The van der Waals surface area contributed by atoms with E-state index < -0.39 is 0 Å². The van der Waals surface area contributed by atoms with Gasteiger partial charge in [0, 0.05) is 5.41 Å². The van der Waals surface area contributed by atoms with Crippen LogP contribution in [0.25, 0.3) is 0 Å². The molecule has 0 heteroatoms. The van der Waals surface area contributed by atoms with Crippen LogP contribution < -0.4 is 0 Å². The Morgan fingerprint density at radius 3 is 2.46 bits per heavy atom. The molecule has 0 N–H and O–H groups in total. The van der Waals surface area contributed by atoms with Crippen molar-refractivity contribution in [1.82, 2.24) is 0 Å². The summed E-state index contributed by atoms with van der Waals surface area (Å²) in [5.41, 5.74) is 3.82. The zero-order valence-corrected chi connectivity index (χ0v) is 8.85. The fourth-order valence-electron chi connectivity index (χ4n) is 2.01. The van der Waals surface area contributed by atoms with E-state index in [0.717, 1.165) is 6.42 Å². The molecule has 70 valence electrons. The van der Waals surface area contributed by atoms with Gasteiger partial charge >= 0.3 is 0 Å². The summed E-state index contributed by atoms with van der Waals surface area (Å²) in [4.78, 5) is 0. The predicted molar refractivity (Wildman–Crippen MR) is 59.6 cm³/mol. The maximum atomic E-state index is 4.13. The average Bonchev–Trinajstić information content (AvgIpc) is 2.40. The van der Waals surface area contributed by atoms with Gasteiger partial charge in [-0.2, -0.15) is 0 Å². The fourth-order valence-corrected chi connectivity index (χ4v) is 2.01. The molecule has 0 aromatic carbocycles.